The van der Waals surface area contributed by atoms with Gasteiger partial charge in [0.1, 0.15) is 4.47 Å². The van der Waals surface area contributed by atoms with Crippen LogP contribution in [0.15, 0.2) is 14.1 Å². The fourth-order valence-corrected chi connectivity index (χ4v) is 1.53. The van der Waals surface area contributed by atoms with Crippen molar-refractivity contribution in [2.24, 2.45) is 0 Å². The van der Waals surface area contributed by atoms with Crippen LogP contribution in [0.4, 0.5) is 0 Å². The van der Waals surface area contributed by atoms with Gasteiger partial charge in [-0.05, 0) is 22.4 Å². The number of hydrogen-bond acceptors (Lipinski definition) is 3. The van der Waals surface area contributed by atoms with Gasteiger partial charge in [0.25, 0.3) is 5.56 Å². The van der Waals surface area contributed by atoms with Crippen LogP contribution in [0.2, 0.25) is 0 Å². The van der Waals surface area contributed by atoms with Gasteiger partial charge in [-0.2, -0.15) is 0 Å². The number of nitrogen functional groups attached to an aromatic ring is 1. The standard InChI is InChI=1S/C7H10BrN3O2/c1-2-3-4-5(8)6(12)10-7(13)11(4)9/h2-3,9H2,1H3,(H,10,12,13). The first-order chi connectivity index (χ1) is 6.07. The van der Waals surface area contributed by atoms with Crippen LogP contribution >= 0.6 is 15.9 Å². The minimum absolute atomic E-state index is 0.330. The molecule has 0 atom stereocenters. The van der Waals surface area contributed by atoms with E-state index in [0.717, 1.165) is 11.1 Å². The van der Waals surface area contributed by atoms with Crippen molar-refractivity contribution < 1.29 is 0 Å². The Balaban J connectivity index is 3.46. The molecule has 0 spiro atoms. The number of nitrogens with two attached hydrogens (primary N) is 1. The smallest absolute Gasteiger partial charge is 0.335 e. The van der Waals surface area contributed by atoms with E-state index in [1.165, 1.54) is 0 Å². The van der Waals surface area contributed by atoms with E-state index < -0.39 is 11.2 Å². The van der Waals surface area contributed by atoms with E-state index in [1.807, 2.05) is 6.92 Å². The molecule has 0 aliphatic carbocycles. The molecule has 0 fully saturated rings. The Bertz CT molecular complexity index is 386. The zero-order valence-electron chi connectivity index (χ0n) is 7.13. The van der Waals surface area contributed by atoms with Crippen LogP contribution in [-0.2, 0) is 6.42 Å². The van der Waals surface area contributed by atoms with Crippen LogP contribution in [0.1, 0.15) is 19.0 Å². The molecule has 1 heterocycles. The molecule has 6 heteroatoms. The van der Waals surface area contributed by atoms with Gasteiger partial charge in [0.2, 0.25) is 0 Å². The van der Waals surface area contributed by atoms with E-state index in [1.54, 1.807) is 0 Å². The molecular formula is C7H10BrN3O2. The van der Waals surface area contributed by atoms with Crippen molar-refractivity contribution in [2.45, 2.75) is 19.8 Å². The minimum Gasteiger partial charge on any atom is -0.335 e. The third-order valence-corrected chi connectivity index (χ3v) is 2.49. The SMILES string of the molecule is CCCc1c(Br)c(=O)[nH]c(=O)n1N. The van der Waals surface area contributed by atoms with Gasteiger partial charge in [-0.25, -0.2) is 9.47 Å². The summed E-state index contributed by atoms with van der Waals surface area (Å²) in [6.45, 7) is 1.94. The maximum Gasteiger partial charge on any atom is 0.346 e. The molecule has 0 amide bonds. The number of aromatic amines is 1. The van der Waals surface area contributed by atoms with E-state index in [2.05, 4.69) is 20.9 Å². The van der Waals surface area contributed by atoms with Crippen LogP contribution in [0.25, 0.3) is 0 Å². The van der Waals surface area contributed by atoms with Crippen molar-refractivity contribution in [3.05, 3.63) is 31.0 Å². The van der Waals surface area contributed by atoms with Crippen molar-refractivity contribution in [1.29, 1.82) is 0 Å². The quantitative estimate of drug-likeness (QED) is 0.721. The van der Waals surface area contributed by atoms with Crippen molar-refractivity contribution in [3.63, 3.8) is 0 Å². The number of rotatable bonds is 2. The monoisotopic (exact) mass is 247 g/mol. The Morgan fingerprint density at radius 2 is 2.15 bits per heavy atom. The van der Waals surface area contributed by atoms with Crippen LogP contribution in [0.5, 0.6) is 0 Å². The van der Waals surface area contributed by atoms with Crippen LogP contribution < -0.4 is 17.1 Å². The van der Waals surface area contributed by atoms with Gasteiger partial charge in [0.15, 0.2) is 0 Å². The highest BCUT2D eigenvalue weighted by Gasteiger charge is 2.09. The molecule has 72 valence electrons. The molecule has 0 saturated carbocycles. The molecule has 0 radical (unpaired) electrons. The van der Waals surface area contributed by atoms with Gasteiger partial charge in [-0.1, -0.05) is 13.3 Å². The second-order valence-electron chi connectivity index (χ2n) is 2.64. The van der Waals surface area contributed by atoms with Crippen molar-refractivity contribution in [1.82, 2.24) is 9.66 Å². The topological polar surface area (TPSA) is 80.9 Å². The van der Waals surface area contributed by atoms with Gasteiger partial charge in [-0.15, -0.1) is 0 Å². The van der Waals surface area contributed by atoms with Crippen molar-refractivity contribution in [2.75, 3.05) is 5.84 Å². The Hall–Kier alpha value is -1.04. The molecule has 13 heavy (non-hydrogen) atoms. The maximum absolute atomic E-state index is 11.1. The molecule has 0 aromatic carbocycles. The molecule has 0 saturated heterocycles. The molecule has 0 unspecified atom stereocenters. The highest BCUT2D eigenvalue weighted by atomic mass is 79.9. The number of aromatic nitrogens is 2. The summed E-state index contributed by atoms with van der Waals surface area (Å²) < 4.78 is 1.28. The molecule has 1 aromatic rings. The highest BCUT2D eigenvalue weighted by molar-refractivity contribution is 9.10. The molecule has 5 nitrogen and oxygen atoms in total. The van der Waals surface area contributed by atoms with E-state index in [9.17, 15) is 9.59 Å². The third-order valence-electron chi connectivity index (χ3n) is 1.67. The number of nitrogens with one attached hydrogen (secondary N) is 1. The Morgan fingerprint density at radius 3 is 2.69 bits per heavy atom. The lowest BCUT2D eigenvalue weighted by Crippen LogP contribution is -2.37. The lowest BCUT2D eigenvalue weighted by Gasteiger charge is -2.06. The predicted molar refractivity (Wildman–Crippen MR) is 53.2 cm³/mol. The van der Waals surface area contributed by atoms with Gasteiger partial charge in [0.05, 0.1) is 5.69 Å². The zero-order chi connectivity index (χ0) is 10.0. The first-order valence-electron chi connectivity index (χ1n) is 3.86. The van der Waals surface area contributed by atoms with E-state index in [-0.39, 0.29) is 0 Å². The molecule has 0 aliphatic rings. The summed E-state index contributed by atoms with van der Waals surface area (Å²) >= 11 is 3.08. The molecular weight excluding hydrogens is 238 g/mol. The summed E-state index contributed by atoms with van der Waals surface area (Å²) in [6, 6.07) is 0. The average molecular weight is 248 g/mol. The van der Waals surface area contributed by atoms with Crippen molar-refractivity contribution in [3.8, 4) is 0 Å². The summed E-state index contributed by atoms with van der Waals surface area (Å²) in [6.07, 6.45) is 1.41. The number of nitrogens with zero attached hydrogens (tertiary/aromatic N) is 1. The Morgan fingerprint density at radius 1 is 1.54 bits per heavy atom. The zero-order valence-corrected chi connectivity index (χ0v) is 8.72. The first kappa shape index (κ1) is 10.0. The molecule has 0 aliphatic heterocycles. The molecule has 3 N–H and O–H groups in total. The summed E-state index contributed by atoms with van der Waals surface area (Å²) in [4.78, 5) is 24.3. The van der Waals surface area contributed by atoms with E-state index in [4.69, 9.17) is 5.84 Å². The van der Waals surface area contributed by atoms with E-state index in [0.29, 0.717) is 16.6 Å². The molecule has 1 aromatic heterocycles. The Kier molecular flexibility index (Phi) is 2.92. The second-order valence-corrected chi connectivity index (χ2v) is 3.43. The summed E-state index contributed by atoms with van der Waals surface area (Å²) in [5.74, 6) is 5.44. The van der Waals surface area contributed by atoms with Crippen molar-refractivity contribution >= 4 is 15.9 Å². The second kappa shape index (κ2) is 3.78. The fraction of sp³-hybridized carbons (Fsp3) is 0.429. The predicted octanol–water partition coefficient (Wildman–Crippen LogP) is -0.0346. The lowest BCUT2D eigenvalue weighted by molar-refractivity contribution is 0.741. The average Bonchev–Trinajstić information content (AvgIpc) is 2.09. The maximum atomic E-state index is 11.1. The third kappa shape index (κ3) is 1.82. The summed E-state index contributed by atoms with van der Waals surface area (Å²) in [5.41, 5.74) is -0.497. The van der Waals surface area contributed by atoms with E-state index >= 15 is 0 Å². The van der Waals surface area contributed by atoms with Crippen LogP contribution in [0, 0.1) is 0 Å². The fourth-order valence-electron chi connectivity index (χ4n) is 1.04. The first-order valence-corrected chi connectivity index (χ1v) is 4.66. The molecule has 0 bridgehead atoms. The minimum atomic E-state index is -0.586. The normalized spacial score (nSPS) is 10.3. The molecule has 1 rings (SSSR count). The van der Waals surface area contributed by atoms with Gasteiger partial charge in [0, 0.05) is 0 Å². The number of H-pyrrole nitrogens is 1. The largest absolute Gasteiger partial charge is 0.346 e. The number of halogens is 1. The van der Waals surface area contributed by atoms with Gasteiger partial charge >= 0.3 is 5.69 Å². The lowest BCUT2D eigenvalue weighted by atomic mass is 10.2. The summed E-state index contributed by atoms with van der Waals surface area (Å²) in [7, 11) is 0. The van der Waals surface area contributed by atoms with Gasteiger partial charge in [-0.3, -0.25) is 9.78 Å². The van der Waals surface area contributed by atoms with Gasteiger partial charge < -0.3 is 5.84 Å². The number of hydrogen-bond donors (Lipinski definition) is 2. The van der Waals surface area contributed by atoms with Crippen LogP contribution in [0.3, 0.4) is 0 Å². The Labute approximate surface area is 82.7 Å². The summed E-state index contributed by atoms with van der Waals surface area (Å²) in [5, 5.41) is 0. The highest BCUT2D eigenvalue weighted by Crippen LogP contribution is 2.09. The van der Waals surface area contributed by atoms with Crippen LogP contribution in [-0.4, -0.2) is 9.66 Å².